The number of carbonyl (C=O) groups is 2. The van der Waals surface area contributed by atoms with E-state index in [0.29, 0.717) is 10.3 Å². The smallest absolute Gasteiger partial charge is 0.276 e. The van der Waals surface area contributed by atoms with E-state index in [9.17, 15) is 9.59 Å². The van der Waals surface area contributed by atoms with Gasteiger partial charge in [-0.1, -0.05) is 68.3 Å². The van der Waals surface area contributed by atoms with Crippen molar-refractivity contribution in [3.8, 4) is 0 Å². The molecular formula is C21H27N7O2S2. The number of nitrogens with one attached hydrogen (secondary N) is 2. The minimum atomic E-state index is -0.440. The predicted molar refractivity (Wildman–Crippen MR) is 126 cm³/mol. The van der Waals surface area contributed by atoms with Crippen molar-refractivity contribution in [1.29, 1.82) is 0 Å². The molecule has 0 unspecified atom stereocenters. The van der Waals surface area contributed by atoms with E-state index in [1.165, 1.54) is 22.7 Å². The van der Waals surface area contributed by atoms with Crippen LogP contribution in [0.25, 0.3) is 0 Å². The van der Waals surface area contributed by atoms with Crippen molar-refractivity contribution in [2.75, 3.05) is 10.6 Å². The number of nitrogens with zero attached hydrogens (tertiary/aromatic N) is 5. The summed E-state index contributed by atoms with van der Waals surface area (Å²) in [5, 5.41) is 24.3. The van der Waals surface area contributed by atoms with Gasteiger partial charge in [-0.15, -0.1) is 20.4 Å². The number of amides is 2. The zero-order valence-electron chi connectivity index (χ0n) is 18.3. The van der Waals surface area contributed by atoms with Crippen LogP contribution in [0.5, 0.6) is 0 Å². The molecular weight excluding hydrogens is 446 g/mol. The second kappa shape index (κ2) is 12.3. The second-order valence-electron chi connectivity index (χ2n) is 7.23. The predicted octanol–water partition coefficient (Wildman–Crippen LogP) is 4.75. The number of hydrogen-bond acceptors (Lipinski definition) is 9. The van der Waals surface area contributed by atoms with Crippen LogP contribution in [0.1, 0.15) is 83.4 Å². The first kappa shape index (κ1) is 23.9. The lowest BCUT2D eigenvalue weighted by atomic mass is 10.2. The van der Waals surface area contributed by atoms with Gasteiger partial charge in [0.2, 0.25) is 10.3 Å². The Balaban J connectivity index is 1.57. The van der Waals surface area contributed by atoms with Gasteiger partial charge in [0.1, 0.15) is 21.4 Å². The van der Waals surface area contributed by atoms with Crippen LogP contribution in [0.2, 0.25) is 0 Å². The summed E-state index contributed by atoms with van der Waals surface area (Å²) >= 11 is 2.71. The molecule has 3 aromatic heterocycles. The monoisotopic (exact) mass is 473 g/mol. The normalized spacial score (nSPS) is 10.8. The van der Waals surface area contributed by atoms with E-state index in [4.69, 9.17) is 0 Å². The lowest BCUT2D eigenvalue weighted by molar-refractivity contribution is 0.101. The number of carbonyl (C=O) groups excluding carboxylic acids is 2. The highest BCUT2D eigenvalue weighted by Gasteiger charge is 2.16. The van der Waals surface area contributed by atoms with Crippen LogP contribution in [-0.2, 0) is 12.8 Å². The number of pyridine rings is 1. The zero-order valence-corrected chi connectivity index (χ0v) is 19.9. The van der Waals surface area contributed by atoms with Gasteiger partial charge in [0.15, 0.2) is 0 Å². The fourth-order valence-electron chi connectivity index (χ4n) is 2.87. The summed E-state index contributed by atoms with van der Waals surface area (Å²) in [5.74, 6) is -0.880. The molecule has 0 spiro atoms. The standard InChI is InChI=1S/C21H27N7O2S2/c1-3-5-7-12-16-25-27-20(31-16)23-18(29)14-10-9-11-15(22-14)19(30)24-21-28-26-17(32-21)13-8-6-4-2/h9-11H,3-8,12-13H2,1-2H3,(H,23,27,29)(H,24,28,30). The van der Waals surface area contributed by atoms with Crippen LogP contribution in [0, 0.1) is 0 Å². The Morgan fingerprint density at radius 2 is 1.22 bits per heavy atom. The number of unbranched alkanes of at least 4 members (excludes halogenated alkanes) is 4. The number of hydrogen-bond donors (Lipinski definition) is 2. The fraction of sp³-hybridized carbons (Fsp3) is 0.476. The highest BCUT2D eigenvalue weighted by Crippen LogP contribution is 2.19. The van der Waals surface area contributed by atoms with Crippen LogP contribution >= 0.6 is 22.7 Å². The molecule has 0 radical (unpaired) electrons. The lowest BCUT2D eigenvalue weighted by Crippen LogP contribution is -2.18. The maximum Gasteiger partial charge on any atom is 0.276 e. The van der Waals surface area contributed by atoms with Crippen LogP contribution in [-0.4, -0.2) is 37.2 Å². The quantitative estimate of drug-likeness (QED) is 0.364. The van der Waals surface area contributed by atoms with Crippen molar-refractivity contribution in [2.24, 2.45) is 0 Å². The number of rotatable bonds is 12. The van der Waals surface area contributed by atoms with Gasteiger partial charge in [-0.2, -0.15) is 0 Å². The lowest BCUT2D eigenvalue weighted by Gasteiger charge is -2.04. The van der Waals surface area contributed by atoms with Crippen molar-refractivity contribution >= 4 is 44.8 Å². The van der Waals surface area contributed by atoms with Crippen molar-refractivity contribution < 1.29 is 9.59 Å². The molecule has 11 heteroatoms. The highest BCUT2D eigenvalue weighted by atomic mass is 32.1. The average Bonchev–Trinajstić information content (AvgIpc) is 3.43. The van der Waals surface area contributed by atoms with Gasteiger partial charge < -0.3 is 0 Å². The van der Waals surface area contributed by atoms with Gasteiger partial charge in [-0.25, -0.2) is 4.98 Å². The van der Waals surface area contributed by atoms with Crippen molar-refractivity contribution in [3.05, 3.63) is 39.6 Å². The molecule has 0 fully saturated rings. The van der Waals surface area contributed by atoms with Crippen LogP contribution in [0.15, 0.2) is 18.2 Å². The molecule has 0 bridgehead atoms. The zero-order chi connectivity index (χ0) is 22.8. The third-order valence-electron chi connectivity index (χ3n) is 4.58. The average molecular weight is 474 g/mol. The summed E-state index contributed by atoms with van der Waals surface area (Å²) in [6.45, 7) is 4.29. The van der Waals surface area contributed by atoms with Crippen molar-refractivity contribution in [1.82, 2.24) is 25.4 Å². The summed E-state index contributed by atoms with van der Waals surface area (Å²) in [5.41, 5.74) is 0.246. The maximum absolute atomic E-state index is 12.6. The van der Waals surface area contributed by atoms with Gasteiger partial charge in [0.05, 0.1) is 0 Å². The van der Waals surface area contributed by atoms with Gasteiger partial charge in [0.25, 0.3) is 11.8 Å². The number of anilines is 2. The van der Waals surface area contributed by atoms with Gasteiger partial charge in [-0.05, 0) is 25.0 Å². The Kier molecular flexibility index (Phi) is 9.17. The minimum Gasteiger partial charge on any atom is -0.295 e. The van der Waals surface area contributed by atoms with E-state index in [1.807, 2.05) is 0 Å². The molecule has 0 saturated heterocycles. The van der Waals surface area contributed by atoms with E-state index in [2.05, 4.69) is 49.9 Å². The van der Waals surface area contributed by atoms with Gasteiger partial charge >= 0.3 is 0 Å². The van der Waals surface area contributed by atoms with Gasteiger partial charge in [0, 0.05) is 12.8 Å². The first-order chi connectivity index (χ1) is 15.6. The third-order valence-corrected chi connectivity index (χ3v) is 6.37. The number of aryl methyl sites for hydroxylation is 2. The molecule has 0 aliphatic rings. The summed E-state index contributed by atoms with van der Waals surface area (Å²) in [4.78, 5) is 29.3. The molecule has 0 aromatic carbocycles. The summed E-state index contributed by atoms with van der Waals surface area (Å²) in [7, 11) is 0. The van der Waals surface area contributed by atoms with E-state index >= 15 is 0 Å². The van der Waals surface area contributed by atoms with Crippen molar-refractivity contribution in [3.63, 3.8) is 0 Å². The molecule has 170 valence electrons. The van der Waals surface area contributed by atoms with Crippen LogP contribution in [0.4, 0.5) is 10.3 Å². The Hall–Kier alpha value is -2.79. The summed E-state index contributed by atoms with van der Waals surface area (Å²) in [6, 6.07) is 4.71. The van der Waals surface area contributed by atoms with E-state index in [1.54, 1.807) is 18.2 Å². The molecule has 3 rings (SSSR count). The topological polar surface area (TPSA) is 123 Å². The first-order valence-corrected chi connectivity index (χ1v) is 12.5. The molecule has 2 N–H and O–H groups in total. The highest BCUT2D eigenvalue weighted by molar-refractivity contribution is 7.15. The SMILES string of the molecule is CCCCCc1nnc(NC(=O)c2cccc(C(=O)Nc3nnc(CCCCC)s3)n2)s1. The Morgan fingerprint density at radius 1 is 0.750 bits per heavy atom. The molecule has 0 saturated carbocycles. The van der Waals surface area contributed by atoms with Crippen LogP contribution in [0.3, 0.4) is 0 Å². The number of aromatic nitrogens is 5. The molecule has 0 aliphatic heterocycles. The van der Waals surface area contributed by atoms with E-state index in [0.717, 1.165) is 61.4 Å². The summed E-state index contributed by atoms with van der Waals surface area (Å²) < 4.78 is 0. The Bertz CT molecular complexity index is 957. The molecule has 3 aromatic rings. The minimum absolute atomic E-state index is 0.123. The fourth-order valence-corrected chi connectivity index (χ4v) is 4.43. The Labute approximate surface area is 195 Å². The molecule has 32 heavy (non-hydrogen) atoms. The van der Waals surface area contributed by atoms with E-state index in [-0.39, 0.29) is 11.4 Å². The van der Waals surface area contributed by atoms with Crippen molar-refractivity contribution in [2.45, 2.75) is 65.2 Å². The second-order valence-corrected chi connectivity index (χ2v) is 9.36. The largest absolute Gasteiger partial charge is 0.295 e. The maximum atomic E-state index is 12.6. The molecule has 0 aliphatic carbocycles. The molecule has 9 nitrogen and oxygen atoms in total. The summed E-state index contributed by atoms with van der Waals surface area (Å²) in [6.07, 6.45) is 8.34. The first-order valence-electron chi connectivity index (χ1n) is 10.8. The molecule has 0 atom stereocenters. The van der Waals surface area contributed by atoms with Crippen LogP contribution < -0.4 is 10.6 Å². The Morgan fingerprint density at radius 3 is 1.66 bits per heavy atom. The molecule has 2 amide bonds. The van der Waals surface area contributed by atoms with E-state index < -0.39 is 11.8 Å². The molecule has 3 heterocycles. The third kappa shape index (κ3) is 7.13. The van der Waals surface area contributed by atoms with Gasteiger partial charge in [-0.3, -0.25) is 20.2 Å².